The maximum Gasteiger partial charge on any atom is 0.417 e. The first kappa shape index (κ1) is 22.9. The van der Waals surface area contributed by atoms with Gasteiger partial charge in [-0.2, -0.15) is 22.6 Å². The van der Waals surface area contributed by atoms with E-state index in [2.05, 4.69) is 20.4 Å². The highest BCUT2D eigenvalue weighted by Gasteiger charge is 2.40. The summed E-state index contributed by atoms with van der Waals surface area (Å²) in [7, 11) is -4.37. The van der Waals surface area contributed by atoms with Gasteiger partial charge in [-0.25, -0.2) is 23.1 Å². The van der Waals surface area contributed by atoms with Gasteiger partial charge in [0.25, 0.3) is 0 Å². The Bertz CT molecular complexity index is 1240. The minimum atomic E-state index is -4.80. The number of pyridine rings is 1. The van der Waals surface area contributed by atoms with Crippen molar-refractivity contribution in [2.75, 3.05) is 18.4 Å². The molecule has 1 aliphatic rings. The number of nitrogens with zero attached hydrogens (tertiary/aromatic N) is 5. The average Bonchev–Trinajstić information content (AvgIpc) is 3.34. The van der Waals surface area contributed by atoms with E-state index in [1.54, 1.807) is 12.1 Å². The van der Waals surface area contributed by atoms with Crippen molar-refractivity contribution < 1.29 is 26.4 Å². The van der Waals surface area contributed by atoms with Crippen LogP contribution in [-0.4, -0.2) is 51.5 Å². The van der Waals surface area contributed by atoms with Crippen LogP contribution in [0.3, 0.4) is 0 Å². The number of aromatic nitrogens is 4. The molecule has 4 rings (SSSR count). The first-order chi connectivity index (χ1) is 15.7. The van der Waals surface area contributed by atoms with Crippen LogP contribution in [0.25, 0.3) is 5.82 Å². The molecule has 1 saturated heterocycles. The summed E-state index contributed by atoms with van der Waals surface area (Å²) in [5, 5.41) is 6.77. The second-order valence-electron chi connectivity index (χ2n) is 7.38. The molecule has 13 heteroatoms. The van der Waals surface area contributed by atoms with Gasteiger partial charge in [0.1, 0.15) is 12.7 Å². The van der Waals surface area contributed by atoms with E-state index in [4.69, 9.17) is 0 Å². The number of sulfonamides is 1. The van der Waals surface area contributed by atoms with Crippen LogP contribution in [0.1, 0.15) is 18.4 Å². The van der Waals surface area contributed by atoms with Crippen molar-refractivity contribution in [3.05, 3.63) is 60.8 Å². The van der Waals surface area contributed by atoms with Crippen molar-refractivity contribution in [2.45, 2.75) is 23.9 Å². The van der Waals surface area contributed by atoms with E-state index >= 15 is 0 Å². The fourth-order valence-electron chi connectivity index (χ4n) is 3.65. The number of benzene rings is 1. The lowest BCUT2D eigenvalue weighted by Gasteiger charge is -2.31. The standard InChI is InChI=1S/C20H19F3N6O3S/c21-20(22,23)15-4-1-2-6-17(15)33(31,32)28-10-7-14(8-11-28)19(30)27-16-5-3-9-25-18(16)29-13-24-12-26-29/h1-6,9,12-14H,7-8,10-11H2,(H,27,30). The molecular formula is C20H19F3N6O3S. The predicted octanol–water partition coefficient (Wildman–Crippen LogP) is 2.72. The number of nitrogens with one attached hydrogen (secondary N) is 1. The maximum absolute atomic E-state index is 13.3. The average molecular weight is 480 g/mol. The van der Waals surface area contributed by atoms with Crippen LogP contribution in [-0.2, 0) is 21.0 Å². The minimum Gasteiger partial charge on any atom is -0.323 e. The molecule has 1 amide bonds. The van der Waals surface area contributed by atoms with Gasteiger partial charge >= 0.3 is 6.18 Å². The smallest absolute Gasteiger partial charge is 0.323 e. The van der Waals surface area contributed by atoms with Crippen molar-refractivity contribution in [3.63, 3.8) is 0 Å². The van der Waals surface area contributed by atoms with Crippen LogP contribution in [0.2, 0.25) is 0 Å². The van der Waals surface area contributed by atoms with Gasteiger partial charge in [-0.05, 0) is 37.1 Å². The Hall–Kier alpha value is -3.32. The first-order valence-corrected chi connectivity index (χ1v) is 11.4. The summed E-state index contributed by atoms with van der Waals surface area (Å²) >= 11 is 0. The van der Waals surface area contributed by atoms with Crippen molar-refractivity contribution in [1.29, 1.82) is 0 Å². The zero-order valence-electron chi connectivity index (χ0n) is 17.1. The molecule has 0 spiro atoms. The van der Waals surface area contributed by atoms with Crippen molar-refractivity contribution in [2.24, 2.45) is 5.92 Å². The normalized spacial score (nSPS) is 16.0. The van der Waals surface area contributed by atoms with Gasteiger partial charge in [0, 0.05) is 25.2 Å². The van der Waals surface area contributed by atoms with Gasteiger partial charge in [-0.1, -0.05) is 12.1 Å². The molecule has 9 nitrogen and oxygen atoms in total. The molecule has 1 fully saturated rings. The molecule has 3 aromatic rings. The van der Waals surface area contributed by atoms with Crippen LogP contribution >= 0.6 is 0 Å². The third-order valence-electron chi connectivity index (χ3n) is 5.32. The molecule has 3 heterocycles. The topological polar surface area (TPSA) is 110 Å². The summed E-state index contributed by atoms with van der Waals surface area (Å²) in [4.78, 5) is 20.1. The third-order valence-corrected chi connectivity index (χ3v) is 7.27. The third kappa shape index (κ3) is 4.73. The summed E-state index contributed by atoms with van der Waals surface area (Å²) < 4.78 is 68.1. The van der Waals surface area contributed by atoms with Crippen molar-refractivity contribution in [1.82, 2.24) is 24.1 Å². The lowest BCUT2D eigenvalue weighted by atomic mass is 9.97. The van der Waals surface area contributed by atoms with E-state index in [1.807, 2.05) is 0 Å². The first-order valence-electron chi connectivity index (χ1n) is 9.95. The van der Waals surface area contributed by atoms with Crippen molar-refractivity contribution >= 4 is 21.6 Å². The van der Waals surface area contributed by atoms with Gasteiger partial charge in [0.2, 0.25) is 15.9 Å². The molecule has 33 heavy (non-hydrogen) atoms. The highest BCUT2D eigenvalue weighted by molar-refractivity contribution is 7.89. The molecule has 0 radical (unpaired) electrons. The van der Waals surface area contributed by atoms with Crippen LogP contribution < -0.4 is 5.32 Å². The molecule has 1 aliphatic heterocycles. The number of halogens is 3. The second kappa shape index (κ2) is 8.90. The van der Waals surface area contributed by atoms with E-state index in [0.717, 1.165) is 22.5 Å². The number of amides is 1. The van der Waals surface area contributed by atoms with E-state index in [9.17, 15) is 26.4 Å². The summed E-state index contributed by atoms with van der Waals surface area (Å²) in [6.45, 7) is -0.148. The molecule has 0 bridgehead atoms. The number of anilines is 1. The Morgan fingerprint density at radius 2 is 1.82 bits per heavy atom. The lowest BCUT2D eigenvalue weighted by Crippen LogP contribution is -2.42. The molecular weight excluding hydrogens is 461 g/mol. The fraction of sp³-hybridized carbons (Fsp3) is 0.300. The Kier molecular flexibility index (Phi) is 6.17. The summed E-state index contributed by atoms with van der Waals surface area (Å²) in [6.07, 6.45) is -0.175. The Balaban J connectivity index is 1.46. The van der Waals surface area contributed by atoms with Crippen LogP contribution in [0.15, 0.2) is 60.1 Å². The van der Waals surface area contributed by atoms with Gasteiger partial charge < -0.3 is 5.32 Å². The monoisotopic (exact) mass is 480 g/mol. The maximum atomic E-state index is 13.3. The Labute approximate surface area is 187 Å². The van der Waals surface area contributed by atoms with Gasteiger partial charge in [-0.3, -0.25) is 4.79 Å². The highest BCUT2D eigenvalue weighted by Crippen LogP contribution is 2.36. The summed E-state index contributed by atoms with van der Waals surface area (Å²) in [6, 6.07) is 7.38. The van der Waals surface area contributed by atoms with E-state index in [1.165, 1.54) is 29.6 Å². The largest absolute Gasteiger partial charge is 0.417 e. The van der Waals surface area contributed by atoms with E-state index < -0.39 is 32.6 Å². The molecule has 1 aromatic carbocycles. The number of rotatable bonds is 5. The van der Waals surface area contributed by atoms with Gasteiger partial charge in [-0.15, -0.1) is 0 Å². The molecule has 2 aromatic heterocycles. The molecule has 0 aliphatic carbocycles. The molecule has 174 valence electrons. The molecule has 0 atom stereocenters. The summed E-state index contributed by atoms with van der Waals surface area (Å²) in [5.41, 5.74) is -0.802. The molecule has 0 saturated carbocycles. The predicted molar refractivity (Wildman–Crippen MR) is 111 cm³/mol. The number of hydrogen-bond acceptors (Lipinski definition) is 6. The number of alkyl halides is 3. The lowest BCUT2D eigenvalue weighted by molar-refractivity contribution is -0.139. The van der Waals surface area contributed by atoms with Gasteiger partial charge in [0.05, 0.1) is 16.1 Å². The van der Waals surface area contributed by atoms with E-state index in [0.29, 0.717) is 11.5 Å². The highest BCUT2D eigenvalue weighted by atomic mass is 32.2. The van der Waals surface area contributed by atoms with Crippen molar-refractivity contribution in [3.8, 4) is 5.82 Å². The second-order valence-corrected chi connectivity index (χ2v) is 9.28. The summed E-state index contributed by atoms with van der Waals surface area (Å²) in [5.74, 6) is -0.484. The SMILES string of the molecule is O=C(Nc1cccnc1-n1cncn1)C1CCN(S(=O)(=O)c2ccccc2C(F)(F)F)CC1. The van der Waals surface area contributed by atoms with E-state index in [-0.39, 0.29) is 31.8 Å². The van der Waals surface area contributed by atoms with Crippen LogP contribution in [0, 0.1) is 5.92 Å². The zero-order valence-corrected chi connectivity index (χ0v) is 17.9. The number of hydrogen-bond donors (Lipinski definition) is 1. The zero-order chi connectivity index (χ0) is 23.6. The molecule has 1 N–H and O–H groups in total. The number of carbonyl (C=O) groups is 1. The Morgan fingerprint density at radius 3 is 2.48 bits per heavy atom. The molecule has 0 unspecified atom stereocenters. The van der Waals surface area contributed by atoms with Crippen LogP contribution in [0.4, 0.5) is 18.9 Å². The minimum absolute atomic E-state index is 0.0738. The Morgan fingerprint density at radius 1 is 1.09 bits per heavy atom. The van der Waals surface area contributed by atoms with Crippen LogP contribution in [0.5, 0.6) is 0 Å². The fourth-order valence-corrected chi connectivity index (χ4v) is 5.33. The number of piperidine rings is 1. The number of carbonyl (C=O) groups excluding carboxylic acids is 1. The van der Waals surface area contributed by atoms with Gasteiger partial charge in [0.15, 0.2) is 5.82 Å². The quantitative estimate of drug-likeness (QED) is 0.601.